The monoisotopic (exact) mass is 236 g/mol. The summed E-state index contributed by atoms with van der Waals surface area (Å²) in [6.45, 7) is 4.15. The quantitative estimate of drug-likeness (QED) is 0.753. The number of aromatic nitrogens is 4. The molecule has 0 N–H and O–H groups in total. The summed E-state index contributed by atoms with van der Waals surface area (Å²) in [6.07, 6.45) is 3.45. The lowest BCUT2D eigenvalue weighted by atomic mass is 10.1. The van der Waals surface area contributed by atoms with Gasteiger partial charge in [0, 0.05) is 12.7 Å². The summed E-state index contributed by atoms with van der Waals surface area (Å²) < 4.78 is 1.87. The fourth-order valence-electron chi connectivity index (χ4n) is 1.42. The van der Waals surface area contributed by atoms with Crippen LogP contribution in [0.15, 0.2) is 18.6 Å². The van der Waals surface area contributed by atoms with E-state index in [1.807, 2.05) is 11.6 Å². The highest BCUT2D eigenvalue weighted by atomic mass is 35.5. The molecule has 2 aromatic rings. The summed E-state index contributed by atoms with van der Waals surface area (Å²) in [6, 6.07) is 1.80. The Labute approximate surface area is 99.3 Å². The van der Waals surface area contributed by atoms with Gasteiger partial charge in [-0.1, -0.05) is 25.4 Å². The molecule has 0 atom stereocenters. The predicted octanol–water partition coefficient (Wildman–Crippen LogP) is 2.65. The SMILES string of the molecule is CC(C)c1cc(Cl)nc(-c2cncn2C)n1. The maximum Gasteiger partial charge on any atom is 0.179 e. The predicted molar refractivity (Wildman–Crippen MR) is 63.3 cm³/mol. The van der Waals surface area contributed by atoms with Crippen molar-refractivity contribution in [2.75, 3.05) is 0 Å². The first-order chi connectivity index (χ1) is 7.58. The average molecular weight is 237 g/mol. The zero-order chi connectivity index (χ0) is 11.7. The number of halogens is 1. The molecule has 5 heteroatoms. The summed E-state index contributed by atoms with van der Waals surface area (Å²) >= 11 is 5.98. The lowest BCUT2D eigenvalue weighted by Crippen LogP contribution is -2.00. The van der Waals surface area contributed by atoms with E-state index in [1.165, 1.54) is 0 Å². The van der Waals surface area contributed by atoms with Gasteiger partial charge in [-0.25, -0.2) is 15.0 Å². The highest BCUT2D eigenvalue weighted by Crippen LogP contribution is 2.21. The molecule has 0 aliphatic heterocycles. The van der Waals surface area contributed by atoms with E-state index in [1.54, 1.807) is 18.6 Å². The minimum atomic E-state index is 0.326. The number of aryl methyl sites for hydroxylation is 1. The third kappa shape index (κ3) is 2.07. The van der Waals surface area contributed by atoms with Gasteiger partial charge in [0.05, 0.1) is 12.5 Å². The maximum atomic E-state index is 5.98. The molecule has 0 radical (unpaired) electrons. The van der Waals surface area contributed by atoms with Crippen molar-refractivity contribution in [1.82, 2.24) is 19.5 Å². The standard InChI is InChI=1S/C11H13ClN4/c1-7(2)8-4-10(12)15-11(14-8)9-5-13-6-16(9)3/h4-7H,1-3H3. The second-order valence-electron chi connectivity index (χ2n) is 3.98. The van der Waals surface area contributed by atoms with Crippen LogP contribution in [0, 0.1) is 0 Å². The molecule has 0 aliphatic carbocycles. The van der Waals surface area contributed by atoms with Crippen LogP contribution in [-0.2, 0) is 7.05 Å². The van der Waals surface area contributed by atoms with Gasteiger partial charge in [0.1, 0.15) is 10.8 Å². The smallest absolute Gasteiger partial charge is 0.179 e. The third-order valence-electron chi connectivity index (χ3n) is 2.35. The van der Waals surface area contributed by atoms with Crippen LogP contribution >= 0.6 is 11.6 Å². The average Bonchev–Trinajstić information content (AvgIpc) is 2.63. The van der Waals surface area contributed by atoms with Crippen LogP contribution in [0.5, 0.6) is 0 Å². The number of hydrogen-bond donors (Lipinski definition) is 0. The van der Waals surface area contributed by atoms with Crippen LogP contribution in [0.1, 0.15) is 25.5 Å². The van der Waals surface area contributed by atoms with Crippen molar-refractivity contribution in [1.29, 1.82) is 0 Å². The molecule has 2 aromatic heterocycles. The minimum Gasteiger partial charge on any atom is -0.331 e. The molecule has 0 amide bonds. The van der Waals surface area contributed by atoms with E-state index < -0.39 is 0 Å². The van der Waals surface area contributed by atoms with Crippen LogP contribution < -0.4 is 0 Å². The first-order valence-electron chi connectivity index (χ1n) is 5.09. The Morgan fingerprint density at radius 3 is 2.62 bits per heavy atom. The molecular formula is C11H13ClN4. The van der Waals surface area contributed by atoms with Crippen LogP contribution in [-0.4, -0.2) is 19.5 Å². The third-order valence-corrected chi connectivity index (χ3v) is 2.55. The van der Waals surface area contributed by atoms with Gasteiger partial charge in [-0.3, -0.25) is 0 Å². The van der Waals surface area contributed by atoms with E-state index in [9.17, 15) is 0 Å². The molecule has 0 unspecified atom stereocenters. The van der Waals surface area contributed by atoms with Gasteiger partial charge >= 0.3 is 0 Å². The molecule has 0 saturated heterocycles. The summed E-state index contributed by atoms with van der Waals surface area (Å²) in [7, 11) is 1.90. The Hall–Kier alpha value is -1.42. The molecule has 0 bridgehead atoms. The van der Waals surface area contributed by atoms with E-state index in [2.05, 4.69) is 28.8 Å². The molecule has 2 heterocycles. The Morgan fingerprint density at radius 2 is 2.06 bits per heavy atom. The van der Waals surface area contributed by atoms with Gasteiger partial charge in [0.25, 0.3) is 0 Å². The van der Waals surface area contributed by atoms with Gasteiger partial charge in [0.2, 0.25) is 0 Å². The first-order valence-corrected chi connectivity index (χ1v) is 5.47. The largest absolute Gasteiger partial charge is 0.331 e. The molecule has 4 nitrogen and oxygen atoms in total. The molecule has 0 aliphatic rings. The Morgan fingerprint density at radius 1 is 1.31 bits per heavy atom. The first kappa shape index (κ1) is 11.1. The number of imidazole rings is 1. The van der Waals surface area contributed by atoms with Crippen molar-refractivity contribution < 1.29 is 0 Å². The van der Waals surface area contributed by atoms with Gasteiger partial charge < -0.3 is 4.57 Å². The number of rotatable bonds is 2. The maximum absolute atomic E-state index is 5.98. The second-order valence-corrected chi connectivity index (χ2v) is 4.37. The zero-order valence-electron chi connectivity index (χ0n) is 9.48. The fraction of sp³-hybridized carbons (Fsp3) is 0.364. The van der Waals surface area contributed by atoms with Gasteiger partial charge in [-0.2, -0.15) is 0 Å². The van der Waals surface area contributed by atoms with E-state index in [-0.39, 0.29) is 0 Å². The Kier molecular flexibility index (Phi) is 2.92. The lowest BCUT2D eigenvalue weighted by molar-refractivity contribution is 0.811. The molecule has 0 aromatic carbocycles. The fourth-order valence-corrected chi connectivity index (χ4v) is 1.61. The molecular weight excluding hydrogens is 224 g/mol. The summed E-state index contributed by atoms with van der Waals surface area (Å²) in [4.78, 5) is 12.7. The van der Waals surface area contributed by atoms with Crippen LogP contribution in [0.2, 0.25) is 5.15 Å². The van der Waals surface area contributed by atoms with Crippen LogP contribution in [0.4, 0.5) is 0 Å². The van der Waals surface area contributed by atoms with Crippen molar-refractivity contribution in [3.63, 3.8) is 0 Å². The van der Waals surface area contributed by atoms with E-state index in [0.29, 0.717) is 16.9 Å². The summed E-state index contributed by atoms with van der Waals surface area (Å²) in [5.41, 5.74) is 1.81. The molecule has 84 valence electrons. The highest BCUT2D eigenvalue weighted by molar-refractivity contribution is 6.29. The van der Waals surface area contributed by atoms with Gasteiger partial charge in [-0.15, -0.1) is 0 Å². The molecule has 16 heavy (non-hydrogen) atoms. The highest BCUT2D eigenvalue weighted by Gasteiger charge is 2.10. The summed E-state index contributed by atoms with van der Waals surface area (Å²) in [5.74, 6) is 0.948. The van der Waals surface area contributed by atoms with Crippen LogP contribution in [0.3, 0.4) is 0 Å². The molecule has 0 saturated carbocycles. The van der Waals surface area contributed by atoms with Crippen molar-refractivity contribution >= 4 is 11.6 Å². The minimum absolute atomic E-state index is 0.326. The molecule has 2 rings (SSSR count). The normalized spacial score (nSPS) is 11.1. The van der Waals surface area contributed by atoms with E-state index in [4.69, 9.17) is 11.6 Å². The van der Waals surface area contributed by atoms with Crippen molar-refractivity contribution in [2.45, 2.75) is 19.8 Å². The van der Waals surface area contributed by atoms with Crippen LogP contribution in [0.25, 0.3) is 11.5 Å². The Bertz CT molecular complexity index is 504. The lowest BCUT2D eigenvalue weighted by Gasteiger charge is -2.07. The van der Waals surface area contributed by atoms with E-state index >= 15 is 0 Å². The van der Waals surface area contributed by atoms with Crippen molar-refractivity contribution in [3.05, 3.63) is 29.4 Å². The second kappa shape index (κ2) is 4.22. The van der Waals surface area contributed by atoms with Crippen molar-refractivity contribution in [3.8, 4) is 11.5 Å². The number of nitrogens with zero attached hydrogens (tertiary/aromatic N) is 4. The van der Waals surface area contributed by atoms with Gasteiger partial charge in [-0.05, 0) is 12.0 Å². The van der Waals surface area contributed by atoms with E-state index in [0.717, 1.165) is 11.4 Å². The Balaban J connectivity index is 2.54. The molecule has 0 spiro atoms. The summed E-state index contributed by atoms with van der Waals surface area (Å²) in [5, 5.41) is 0.468. The number of hydrogen-bond acceptors (Lipinski definition) is 3. The topological polar surface area (TPSA) is 43.6 Å². The van der Waals surface area contributed by atoms with Crippen molar-refractivity contribution in [2.24, 2.45) is 7.05 Å². The molecule has 0 fully saturated rings. The van der Waals surface area contributed by atoms with Gasteiger partial charge in [0.15, 0.2) is 5.82 Å². The zero-order valence-corrected chi connectivity index (χ0v) is 10.2.